The lowest BCUT2D eigenvalue weighted by Crippen LogP contribution is -2.42. The zero-order valence-electron chi connectivity index (χ0n) is 23.1. The summed E-state index contributed by atoms with van der Waals surface area (Å²) < 4.78 is 65.8. The second kappa shape index (κ2) is 14.2. The number of hydrogen-bond donors (Lipinski definition) is 1. The standard InChI is InChI=1S/C29H29F3N2O8/c1-17(34-27(36)24-26(40-16-39-19(3)35)23(38-4)14-15-33-24)28(37)41-18(2)25(20-8-6-5-7-9-20)42-22-12-10-21(11-13-22)29(30,31)32/h5-15,17-18,25H,16H2,1-4H3,(H,34,36)/t17-,18-,25-/m0/s1. The summed E-state index contributed by atoms with van der Waals surface area (Å²) in [5.74, 6) is -2.07. The molecule has 0 spiro atoms. The fraction of sp³-hybridized carbons (Fsp3) is 0.310. The van der Waals surface area contributed by atoms with Crippen LogP contribution >= 0.6 is 0 Å². The maximum absolute atomic E-state index is 13.0. The number of alkyl halides is 3. The van der Waals surface area contributed by atoms with E-state index in [4.69, 9.17) is 23.7 Å². The van der Waals surface area contributed by atoms with Crippen molar-refractivity contribution in [3.8, 4) is 17.2 Å². The van der Waals surface area contributed by atoms with Crippen molar-refractivity contribution in [1.82, 2.24) is 10.3 Å². The van der Waals surface area contributed by atoms with Crippen molar-refractivity contribution >= 4 is 17.8 Å². The molecule has 3 aromatic rings. The summed E-state index contributed by atoms with van der Waals surface area (Å²) >= 11 is 0. The smallest absolute Gasteiger partial charge is 0.416 e. The third-order valence-electron chi connectivity index (χ3n) is 5.77. The van der Waals surface area contributed by atoms with E-state index in [0.717, 1.165) is 12.1 Å². The Morgan fingerprint density at radius 2 is 1.64 bits per heavy atom. The Morgan fingerprint density at radius 3 is 2.24 bits per heavy atom. The Kier molecular flexibility index (Phi) is 10.7. The Bertz CT molecular complexity index is 1370. The van der Waals surface area contributed by atoms with Gasteiger partial charge < -0.3 is 29.0 Å². The van der Waals surface area contributed by atoms with Crippen LogP contribution in [0.25, 0.3) is 0 Å². The summed E-state index contributed by atoms with van der Waals surface area (Å²) in [5.41, 5.74) is -0.466. The first kappa shape index (κ1) is 31.7. The molecule has 0 aliphatic rings. The zero-order chi connectivity index (χ0) is 30.9. The predicted molar refractivity (Wildman–Crippen MR) is 142 cm³/mol. The largest absolute Gasteiger partial charge is 0.493 e. The number of amides is 1. The maximum Gasteiger partial charge on any atom is 0.416 e. The van der Waals surface area contributed by atoms with E-state index in [1.165, 1.54) is 45.4 Å². The van der Waals surface area contributed by atoms with E-state index in [9.17, 15) is 27.6 Å². The molecule has 13 heteroatoms. The van der Waals surface area contributed by atoms with Crippen molar-refractivity contribution in [3.05, 3.63) is 83.7 Å². The molecule has 3 rings (SSSR count). The highest BCUT2D eigenvalue weighted by Gasteiger charge is 2.31. The van der Waals surface area contributed by atoms with Crippen molar-refractivity contribution in [2.75, 3.05) is 13.9 Å². The highest BCUT2D eigenvalue weighted by atomic mass is 19.4. The van der Waals surface area contributed by atoms with Gasteiger partial charge in [-0.2, -0.15) is 13.2 Å². The van der Waals surface area contributed by atoms with E-state index in [1.54, 1.807) is 37.3 Å². The molecule has 0 fully saturated rings. The lowest BCUT2D eigenvalue weighted by Gasteiger charge is -2.27. The third-order valence-corrected chi connectivity index (χ3v) is 5.77. The molecule has 224 valence electrons. The number of rotatable bonds is 12. The van der Waals surface area contributed by atoms with Crippen LogP contribution in [0.15, 0.2) is 66.9 Å². The van der Waals surface area contributed by atoms with Gasteiger partial charge in [0.2, 0.25) is 6.79 Å². The van der Waals surface area contributed by atoms with E-state index in [-0.39, 0.29) is 22.9 Å². The van der Waals surface area contributed by atoms with Gasteiger partial charge in [0.25, 0.3) is 5.91 Å². The van der Waals surface area contributed by atoms with Gasteiger partial charge in [0.1, 0.15) is 17.9 Å². The number of carbonyl (C=O) groups is 3. The molecule has 0 unspecified atom stereocenters. The molecule has 2 aromatic carbocycles. The Hall–Kier alpha value is -4.81. The first-order valence-corrected chi connectivity index (χ1v) is 12.6. The summed E-state index contributed by atoms with van der Waals surface area (Å²) in [6.07, 6.45) is -5.04. The van der Waals surface area contributed by atoms with Gasteiger partial charge in [0, 0.05) is 19.2 Å². The molecule has 3 atom stereocenters. The van der Waals surface area contributed by atoms with Crippen molar-refractivity contribution in [3.63, 3.8) is 0 Å². The molecule has 1 N–H and O–H groups in total. The molecule has 0 saturated heterocycles. The van der Waals surface area contributed by atoms with Crippen molar-refractivity contribution in [1.29, 1.82) is 0 Å². The summed E-state index contributed by atoms with van der Waals surface area (Å²) in [5, 5.41) is 2.47. The first-order valence-electron chi connectivity index (χ1n) is 12.6. The SMILES string of the molecule is COc1ccnc(C(=O)N[C@@H](C)C(=O)O[C@@H](C)[C@H](Oc2ccc(C(F)(F)F)cc2)c2ccccc2)c1OCOC(C)=O. The van der Waals surface area contributed by atoms with Gasteiger partial charge in [0.15, 0.2) is 23.3 Å². The molecule has 0 radical (unpaired) electrons. The topological polar surface area (TPSA) is 122 Å². The predicted octanol–water partition coefficient (Wildman–Crippen LogP) is 4.88. The van der Waals surface area contributed by atoms with Gasteiger partial charge >= 0.3 is 18.1 Å². The average molecular weight is 591 g/mol. The minimum absolute atomic E-state index is 0.109. The minimum atomic E-state index is -4.50. The second-order valence-electron chi connectivity index (χ2n) is 8.90. The highest BCUT2D eigenvalue weighted by Crippen LogP contribution is 2.33. The van der Waals surface area contributed by atoms with Crippen LogP contribution in [0.3, 0.4) is 0 Å². The molecule has 1 amide bonds. The van der Waals surface area contributed by atoms with Gasteiger partial charge in [-0.15, -0.1) is 0 Å². The summed E-state index contributed by atoms with van der Waals surface area (Å²) in [4.78, 5) is 41.0. The molecule has 0 aliphatic carbocycles. The monoisotopic (exact) mass is 590 g/mol. The molecular formula is C29H29F3N2O8. The zero-order valence-corrected chi connectivity index (χ0v) is 23.1. The quantitative estimate of drug-likeness (QED) is 0.232. The van der Waals surface area contributed by atoms with Crippen LogP contribution in [-0.2, 0) is 25.2 Å². The van der Waals surface area contributed by atoms with Crippen LogP contribution in [0.5, 0.6) is 17.2 Å². The number of benzene rings is 2. The van der Waals surface area contributed by atoms with Crippen molar-refractivity contribution in [2.45, 2.75) is 45.2 Å². The number of nitrogens with one attached hydrogen (secondary N) is 1. The summed E-state index contributed by atoms with van der Waals surface area (Å²) in [6.45, 7) is 3.62. The molecule has 1 aromatic heterocycles. The molecule has 0 aliphatic heterocycles. The number of aromatic nitrogens is 1. The maximum atomic E-state index is 13.0. The van der Waals surface area contributed by atoms with Crippen molar-refractivity contribution in [2.24, 2.45) is 0 Å². The lowest BCUT2D eigenvalue weighted by atomic mass is 10.0. The van der Waals surface area contributed by atoms with E-state index >= 15 is 0 Å². The number of esters is 2. The van der Waals surface area contributed by atoms with Crippen LogP contribution in [0.2, 0.25) is 0 Å². The van der Waals surface area contributed by atoms with Gasteiger partial charge in [-0.05, 0) is 43.7 Å². The molecule has 10 nitrogen and oxygen atoms in total. The Balaban J connectivity index is 1.72. The molecular weight excluding hydrogens is 561 g/mol. The minimum Gasteiger partial charge on any atom is -0.493 e. The third kappa shape index (κ3) is 8.59. The van der Waals surface area contributed by atoms with Crippen LogP contribution in [0.1, 0.15) is 48.5 Å². The normalized spacial score (nSPS) is 13.2. The fourth-order valence-corrected chi connectivity index (χ4v) is 3.68. The van der Waals surface area contributed by atoms with E-state index in [0.29, 0.717) is 5.56 Å². The van der Waals surface area contributed by atoms with Crippen LogP contribution < -0.4 is 19.5 Å². The molecule has 1 heterocycles. The van der Waals surface area contributed by atoms with Gasteiger partial charge in [-0.3, -0.25) is 9.59 Å². The molecule has 42 heavy (non-hydrogen) atoms. The summed E-state index contributed by atoms with van der Waals surface area (Å²) in [7, 11) is 1.34. The van der Waals surface area contributed by atoms with Crippen molar-refractivity contribution < 1.29 is 51.2 Å². The van der Waals surface area contributed by atoms with Gasteiger partial charge in [-0.25, -0.2) is 9.78 Å². The number of ether oxygens (including phenoxy) is 5. The van der Waals surface area contributed by atoms with Crippen LogP contribution in [0.4, 0.5) is 13.2 Å². The van der Waals surface area contributed by atoms with Crippen LogP contribution in [0, 0.1) is 0 Å². The highest BCUT2D eigenvalue weighted by molar-refractivity contribution is 5.98. The van der Waals surface area contributed by atoms with E-state index in [2.05, 4.69) is 10.3 Å². The lowest BCUT2D eigenvalue weighted by molar-refractivity contribution is -0.155. The number of halogens is 3. The number of carbonyl (C=O) groups excluding carboxylic acids is 3. The van der Waals surface area contributed by atoms with Gasteiger partial charge in [-0.1, -0.05) is 30.3 Å². The molecule has 0 saturated carbocycles. The summed E-state index contributed by atoms with van der Waals surface area (Å²) in [6, 6.07) is 13.1. The Morgan fingerprint density at radius 1 is 0.976 bits per heavy atom. The number of hydrogen-bond acceptors (Lipinski definition) is 9. The molecule has 0 bridgehead atoms. The van der Waals surface area contributed by atoms with E-state index < -0.39 is 54.6 Å². The average Bonchev–Trinajstić information content (AvgIpc) is 2.95. The fourth-order valence-electron chi connectivity index (χ4n) is 3.68. The Labute approximate surface area is 239 Å². The first-order chi connectivity index (χ1) is 19.9. The van der Waals surface area contributed by atoms with Crippen LogP contribution in [-0.4, -0.2) is 48.9 Å². The van der Waals surface area contributed by atoms with Gasteiger partial charge in [0.05, 0.1) is 12.7 Å². The number of nitrogens with zero attached hydrogens (tertiary/aromatic N) is 1. The second-order valence-corrected chi connectivity index (χ2v) is 8.90. The van der Waals surface area contributed by atoms with E-state index in [1.807, 2.05) is 0 Å². The number of methoxy groups -OCH3 is 1. The number of pyridine rings is 1.